The highest BCUT2D eigenvalue weighted by Gasteiger charge is 2.15. The second-order valence-corrected chi connectivity index (χ2v) is 6.15. The maximum Gasteiger partial charge on any atom is 0.316 e. The zero-order chi connectivity index (χ0) is 14.3. The number of nitrogens with one attached hydrogen (secondary N) is 1. The van der Waals surface area contributed by atoms with Crippen LogP contribution in [0.4, 0.5) is 5.82 Å². The van der Waals surface area contributed by atoms with Gasteiger partial charge in [0.15, 0.2) is 0 Å². The minimum absolute atomic E-state index is 0.172. The van der Waals surface area contributed by atoms with E-state index in [-0.39, 0.29) is 5.97 Å². The van der Waals surface area contributed by atoms with Crippen LogP contribution in [0.3, 0.4) is 0 Å². The van der Waals surface area contributed by atoms with Crippen molar-refractivity contribution in [3.63, 3.8) is 0 Å². The predicted molar refractivity (Wildman–Crippen MR) is 80.4 cm³/mol. The van der Waals surface area contributed by atoms with Crippen molar-refractivity contribution >= 4 is 23.5 Å². The summed E-state index contributed by atoms with van der Waals surface area (Å²) in [6.07, 6.45) is 1.83. The summed E-state index contributed by atoms with van der Waals surface area (Å²) >= 11 is 1.54. The number of aromatic nitrogens is 1. The fourth-order valence-electron chi connectivity index (χ4n) is 1.42. The third kappa shape index (κ3) is 7.06. The molecule has 0 bridgehead atoms. The molecule has 106 valence electrons. The van der Waals surface area contributed by atoms with Crippen LogP contribution in [0, 0.1) is 0 Å². The molecule has 0 amide bonds. The SMILES string of the molecule is CCNc1ccc(CSCC(=O)OC(C)(C)C)cn1. The number of hydrogen-bond acceptors (Lipinski definition) is 5. The van der Waals surface area contributed by atoms with E-state index in [0.29, 0.717) is 5.75 Å². The zero-order valence-corrected chi connectivity index (χ0v) is 12.8. The van der Waals surface area contributed by atoms with E-state index in [2.05, 4.69) is 10.3 Å². The molecule has 1 heterocycles. The number of ether oxygens (including phenoxy) is 1. The first-order chi connectivity index (χ1) is 8.90. The summed E-state index contributed by atoms with van der Waals surface area (Å²) in [5, 5.41) is 3.14. The average molecular weight is 282 g/mol. The van der Waals surface area contributed by atoms with Gasteiger partial charge >= 0.3 is 5.97 Å². The van der Waals surface area contributed by atoms with Crippen LogP contribution >= 0.6 is 11.8 Å². The van der Waals surface area contributed by atoms with Gasteiger partial charge in [0.1, 0.15) is 11.4 Å². The Morgan fingerprint density at radius 1 is 1.42 bits per heavy atom. The van der Waals surface area contributed by atoms with E-state index < -0.39 is 5.60 Å². The first-order valence-corrected chi connectivity index (χ1v) is 7.54. The summed E-state index contributed by atoms with van der Waals surface area (Å²) in [6, 6.07) is 3.97. The Hall–Kier alpha value is -1.23. The topological polar surface area (TPSA) is 51.2 Å². The van der Waals surface area contributed by atoms with Crippen molar-refractivity contribution < 1.29 is 9.53 Å². The number of nitrogens with zero attached hydrogens (tertiary/aromatic N) is 1. The summed E-state index contributed by atoms with van der Waals surface area (Å²) in [7, 11) is 0. The van der Waals surface area contributed by atoms with Crippen LogP contribution in [0.5, 0.6) is 0 Å². The molecule has 1 N–H and O–H groups in total. The molecule has 0 aliphatic rings. The molecule has 4 nitrogen and oxygen atoms in total. The molecule has 0 radical (unpaired) electrons. The summed E-state index contributed by atoms with van der Waals surface area (Å²) in [4.78, 5) is 15.8. The molecule has 0 saturated heterocycles. The molecule has 0 aromatic carbocycles. The number of pyridine rings is 1. The van der Waals surface area contributed by atoms with Crippen LogP contribution in [0.1, 0.15) is 33.3 Å². The third-order valence-corrected chi connectivity index (χ3v) is 3.07. The van der Waals surface area contributed by atoms with Gasteiger partial charge in [-0.05, 0) is 39.3 Å². The number of anilines is 1. The van der Waals surface area contributed by atoms with E-state index >= 15 is 0 Å². The lowest BCUT2D eigenvalue weighted by Crippen LogP contribution is -2.24. The van der Waals surface area contributed by atoms with Crippen molar-refractivity contribution in [2.75, 3.05) is 17.6 Å². The van der Waals surface area contributed by atoms with Crippen LogP contribution in [0.25, 0.3) is 0 Å². The van der Waals surface area contributed by atoms with Gasteiger partial charge in [0.2, 0.25) is 0 Å². The number of carbonyl (C=O) groups is 1. The molecule has 0 aliphatic carbocycles. The van der Waals surface area contributed by atoms with Gasteiger partial charge in [0.05, 0.1) is 5.75 Å². The van der Waals surface area contributed by atoms with E-state index in [1.807, 2.05) is 46.0 Å². The fourth-order valence-corrected chi connectivity index (χ4v) is 2.15. The second kappa shape index (κ2) is 7.38. The Bertz CT molecular complexity index is 399. The summed E-state index contributed by atoms with van der Waals surface area (Å²) < 4.78 is 5.24. The highest BCUT2D eigenvalue weighted by atomic mass is 32.2. The number of carbonyl (C=O) groups excluding carboxylic acids is 1. The Labute approximate surface area is 119 Å². The van der Waals surface area contributed by atoms with Gasteiger partial charge < -0.3 is 10.1 Å². The van der Waals surface area contributed by atoms with E-state index in [1.165, 1.54) is 11.8 Å². The van der Waals surface area contributed by atoms with E-state index in [1.54, 1.807) is 0 Å². The molecule has 0 atom stereocenters. The molecule has 1 aromatic rings. The quantitative estimate of drug-likeness (QED) is 0.813. The van der Waals surface area contributed by atoms with Crippen molar-refractivity contribution in [2.24, 2.45) is 0 Å². The van der Waals surface area contributed by atoms with Crippen molar-refractivity contribution in [3.8, 4) is 0 Å². The van der Waals surface area contributed by atoms with E-state index in [4.69, 9.17) is 4.74 Å². The molecule has 5 heteroatoms. The summed E-state index contributed by atoms with van der Waals surface area (Å²) in [5.41, 5.74) is 0.697. The van der Waals surface area contributed by atoms with Crippen LogP contribution in [-0.4, -0.2) is 28.9 Å². The number of rotatable bonds is 6. The lowest BCUT2D eigenvalue weighted by Gasteiger charge is -2.19. The largest absolute Gasteiger partial charge is 0.459 e. The van der Waals surface area contributed by atoms with Crippen molar-refractivity contribution in [3.05, 3.63) is 23.9 Å². The molecular weight excluding hydrogens is 260 g/mol. The minimum Gasteiger partial charge on any atom is -0.459 e. The van der Waals surface area contributed by atoms with Gasteiger partial charge in [-0.25, -0.2) is 4.98 Å². The monoisotopic (exact) mass is 282 g/mol. The predicted octanol–water partition coefficient (Wildman–Crippen LogP) is 3.09. The van der Waals surface area contributed by atoms with Crippen LogP contribution < -0.4 is 5.32 Å². The van der Waals surface area contributed by atoms with Crippen molar-refractivity contribution in [1.29, 1.82) is 0 Å². The molecule has 0 aliphatic heterocycles. The fraction of sp³-hybridized carbons (Fsp3) is 0.571. The number of hydrogen-bond donors (Lipinski definition) is 1. The number of esters is 1. The first kappa shape index (κ1) is 15.8. The highest BCUT2D eigenvalue weighted by Crippen LogP contribution is 2.15. The first-order valence-electron chi connectivity index (χ1n) is 6.39. The highest BCUT2D eigenvalue weighted by molar-refractivity contribution is 7.99. The Morgan fingerprint density at radius 3 is 2.68 bits per heavy atom. The normalized spacial score (nSPS) is 11.2. The van der Waals surface area contributed by atoms with Gasteiger partial charge in [-0.1, -0.05) is 6.07 Å². The van der Waals surface area contributed by atoms with Crippen molar-refractivity contribution in [1.82, 2.24) is 4.98 Å². The Kier molecular flexibility index (Phi) is 6.15. The molecule has 19 heavy (non-hydrogen) atoms. The van der Waals surface area contributed by atoms with Gasteiger partial charge in [-0.3, -0.25) is 4.79 Å². The molecule has 0 fully saturated rings. The van der Waals surface area contributed by atoms with E-state index in [0.717, 1.165) is 23.7 Å². The van der Waals surface area contributed by atoms with Crippen LogP contribution in [0.15, 0.2) is 18.3 Å². The lowest BCUT2D eigenvalue weighted by molar-refractivity contribution is -0.151. The number of thioether (sulfide) groups is 1. The maximum atomic E-state index is 11.5. The molecule has 0 saturated carbocycles. The van der Waals surface area contributed by atoms with Gasteiger partial charge in [0.25, 0.3) is 0 Å². The smallest absolute Gasteiger partial charge is 0.316 e. The summed E-state index contributed by atoms with van der Waals surface area (Å²) in [5.74, 6) is 1.84. The molecular formula is C14H22N2O2S. The van der Waals surface area contributed by atoms with Crippen molar-refractivity contribution in [2.45, 2.75) is 39.0 Å². The Morgan fingerprint density at radius 2 is 2.16 bits per heavy atom. The van der Waals surface area contributed by atoms with Gasteiger partial charge in [-0.2, -0.15) is 0 Å². The maximum absolute atomic E-state index is 11.5. The van der Waals surface area contributed by atoms with E-state index in [9.17, 15) is 4.79 Å². The Balaban J connectivity index is 2.31. The minimum atomic E-state index is -0.410. The average Bonchev–Trinajstić information content (AvgIpc) is 2.29. The van der Waals surface area contributed by atoms with Gasteiger partial charge in [0, 0.05) is 18.5 Å². The molecule has 1 aromatic heterocycles. The standard InChI is InChI=1S/C14H22N2O2S/c1-5-15-12-7-6-11(8-16-12)9-19-10-13(17)18-14(2,3)4/h6-8H,5,9-10H2,1-4H3,(H,15,16). The second-order valence-electron chi connectivity index (χ2n) is 5.16. The van der Waals surface area contributed by atoms with Crippen LogP contribution in [0.2, 0.25) is 0 Å². The zero-order valence-electron chi connectivity index (χ0n) is 12.0. The lowest BCUT2D eigenvalue weighted by atomic mass is 10.2. The molecule has 0 spiro atoms. The molecule has 1 rings (SSSR count). The third-order valence-electron chi connectivity index (χ3n) is 2.09. The molecule has 0 unspecified atom stereocenters. The summed E-state index contributed by atoms with van der Waals surface area (Å²) in [6.45, 7) is 8.52. The van der Waals surface area contributed by atoms with Crippen LogP contribution in [-0.2, 0) is 15.3 Å². The van der Waals surface area contributed by atoms with Gasteiger partial charge in [-0.15, -0.1) is 11.8 Å².